The van der Waals surface area contributed by atoms with Crippen molar-refractivity contribution in [1.82, 2.24) is 4.90 Å². The van der Waals surface area contributed by atoms with Crippen LogP contribution in [-0.2, 0) is 11.3 Å². The van der Waals surface area contributed by atoms with Gasteiger partial charge in [-0.3, -0.25) is 9.69 Å². The minimum atomic E-state index is -0.247. The largest absolute Gasteiger partial charge is 0.495 e. The van der Waals surface area contributed by atoms with E-state index in [4.69, 9.17) is 4.74 Å². The molecule has 1 atom stereocenters. The van der Waals surface area contributed by atoms with E-state index in [2.05, 4.69) is 24.4 Å². The zero-order chi connectivity index (χ0) is 24.8. The van der Waals surface area contributed by atoms with Gasteiger partial charge in [0.1, 0.15) is 5.75 Å². The molecule has 182 valence electrons. The molecule has 1 saturated heterocycles. The minimum Gasteiger partial charge on any atom is -0.495 e. The van der Waals surface area contributed by atoms with Crippen LogP contribution in [0.2, 0.25) is 0 Å². The van der Waals surface area contributed by atoms with Gasteiger partial charge in [0, 0.05) is 25.3 Å². The molecule has 1 N–H and O–H groups in total. The molecule has 1 fully saturated rings. The topological polar surface area (TPSA) is 61.9 Å². The summed E-state index contributed by atoms with van der Waals surface area (Å²) in [5.74, 6) is 0.285. The molecule has 3 amide bonds. The molecular formula is C29H33N3O3. The number of aryl methyl sites for hydroxylation is 1. The van der Waals surface area contributed by atoms with Crippen molar-refractivity contribution in [3.8, 4) is 5.75 Å². The highest BCUT2D eigenvalue weighted by atomic mass is 16.5. The number of hydrogen-bond donors (Lipinski definition) is 1. The minimum absolute atomic E-state index is 0.0600. The Morgan fingerprint density at radius 3 is 2.54 bits per heavy atom. The fourth-order valence-corrected chi connectivity index (χ4v) is 4.65. The lowest BCUT2D eigenvalue weighted by Crippen LogP contribution is -2.49. The molecule has 1 unspecified atom stereocenters. The molecule has 0 aromatic heterocycles. The second-order valence-corrected chi connectivity index (χ2v) is 8.95. The normalized spacial score (nSPS) is 14.5. The van der Waals surface area contributed by atoms with Gasteiger partial charge in [-0.05, 0) is 49.1 Å². The van der Waals surface area contributed by atoms with E-state index in [0.717, 1.165) is 17.5 Å². The number of anilines is 2. The second-order valence-electron chi connectivity index (χ2n) is 8.95. The maximum absolute atomic E-state index is 13.5. The summed E-state index contributed by atoms with van der Waals surface area (Å²) in [6, 6.07) is 23.4. The summed E-state index contributed by atoms with van der Waals surface area (Å²) < 4.78 is 5.59. The molecule has 35 heavy (non-hydrogen) atoms. The monoisotopic (exact) mass is 471 g/mol. The van der Waals surface area contributed by atoms with E-state index < -0.39 is 0 Å². The lowest BCUT2D eigenvalue weighted by Gasteiger charge is -2.36. The molecule has 0 saturated carbocycles. The van der Waals surface area contributed by atoms with Crippen LogP contribution in [0, 0.1) is 6.92 Å². The Morgan fingerprint density at radius 1 is 1.03 bits per heavy atom. The van der Waals surface area contributed by atoms with E-state index in [1.165, 1.54) is 5.56 Å². The lowest BCUT2D eigenvalue weighted by atomic mass is 9.95. The van der Waals surface area contributed by atoms with E-state index in [-0.39, 0.29) is 17.9 Å². The van der Waals surface area contributed by atoms with Gasteiger partial charge in [0.05, 0.1) is 18.7 Å². The van der Waals surface area contributed by atoms with Gasteiger partial charge in [-0.25, -0.2) is 4.79 Å². The van der Waals surface area contributed by atoms with Gasteiger partial charge in [0.25, 0.3) is 0 Å². The predicted molar refractivity (Wildman–Crippen MR) is 140 cm³/mol. The molecule has 1 aliphatic rings. The number of carbonyl (C=O) groups is 2. The zero-order valence-electron chi connectivity index (χ0n) is 20.7. The molecule has 6 heteroatoms. The standard InChI is InChI=1S/C29H33N3O3/c1-4-25(23-12-6-5-7-13-23)28(33)30-24-14-15-27(35-3)26(19-24)32-17-9-16-31(29(32)34)20-22-11-8-10-21(2)18-22/h5-8,10-15,18-19,25H,4,9,16-17,20H2,1-3H3,(H,30,33). The Hall–Kier alpha value is -3.80. The van der Waals surface area contributed by atoms with E-state index >= 15 is 0 Å². The number of amides is 3. The first kappa shape index (κ1) is 24.3. The molecule has 0 bridgehead atoms. The summed E-state index contributed by atoms with van der Waals surface area (Å²) in [6.07, 6.45) is 1.54. The van der Waals surface area contributed by atoms with Gasteiger partial charge in [-0.15, -0.1) is 0 Å². The van der Waals surface area contributed by atoms with Gasteiger partial charge in [0.2, 0.25) is 5.91 Å². The third-order valence-corrected chi connectivity index (χ3v) is 6.43. The highest BCUT2D eigenvalue weighted by Crippen LogP contribution is 2.34. The van der Waals surface area contributed by atoms with Crippen LogP contribution in [0.1, 0.15) is 42.4 Å². The Labute approximate surface area is 207 Å². The third kappa shape index (κ3) is 5.65. The van der Waals surface area contributed by atoms with E-state index in [1.54, 1.807) is 18.1 Å². The van der Waals surface area contributed by atoms with Gasteiger partial charge >= 0.3 is 6.03 Å². The summed E-state index contributed by atoms with van der Waals surface area (Å²) in [5, 5.41) is 3.05. The summed E-state index contributed by atoms with van der Waals surface area (Å²) in [5.41, 5.74) is 4.58. The smallest absolute Gasteiger partial charge is 0.324 e. The van der Waals surface area contributed by atoms with Crippen molar-refractivity contribution in [2.45, 2.75) is 39.2 Å². The molecule has 3 aromatic carbocycles. The Morgan fingerprint density at radius 2 is 1.83 bits per heavy atom. The number of hydrogen-bond acceptors (Lipinski definition) is 3. The number of benzene rings is 3. The average molecular weight is 472 g/mol. The van der Waals surface area contributed by atoms with Crippen molar-refractivity contribution in [3.05, 3.63) is 89.5 Å². The molecule has 1 heterocycles. The number of methoxy groups -OCH3 is 1. The van der Waals surface area contributed by atoms with Gasteiger partial charge in [-0.2, -0.15) is 0 Å². The van der Waals surface area contributed by atoms with Crippen molar-refractivity contribution >= 4 is 23.3 Å². The first-order valence-corrected chi connectivity index (χ1v) is 12.2. The van der Waals surface area contributed by atoms with Crippen LogP contribution in [0.3, 0.4) is 0 Å². The van der Waals surface area contributed by atoms with Crippen LogP contribution < -0.4 is 15.0 Å². The summed E-state index contributed by atoms with van der Waals surface area (Å²) in [7, 11) is 1.60. The predicted octanol–water partition coefficient (Wildman–Crippen LogP) is 5.97. The summed E-state index contributed by atoms with van der Waals surface area (Å²) in [4.78, 5) is 30.2. The molecule has 6 nitrogen and oxygen atoms in total. The molecule has 0 spiro atoms. The Kier molecular flexibility index (Phi) is 7.70. The number of nitrogens with zero attached hydrogens (tertiary/aromatic N) is 2. The highest BCUT2D eigenvalue weighted by molar-refractivity contribution is 5.98. The van der Waals surface area contributed by atoms with Gasteiger partial charge < -0.3 is 15.0 Å². The van der Waals surface area contributed by atoms with Crippen LogP contribution in [0.4, 0.5) is 16.2 Å². The first-order valence-electron chi connectivity index (χ1n) is 12.2. The average Bonchev–Trinajstić information content (AvgIpc) is 2.86. The number of urea groups is 1. The van der Waals surface area contributed by atoms with Crippen LogP contribution in [-0.4, -0.2) is 37.0 Å². The van der Waals surface area contributed by atoms with Crippen LogP contribution >= 0.6 is 0 Å². The van der Waals surface area contributed by atoms with Crippen molar-refractivity contribution in [2.24, 2.45) is 0 Å². The van der Waals surface area contributed by atoms with Crippen molar-refractivity contribution in [3.63, 3.8) is 0 Å². The summed E-state index contributed by atoms with van der Waals surface area (Å²) >= 11 is 0. The van der Waals surface area contributed by atoms with Crippen molar-refractivity contribution in [2.75, 3.05) is 30.4 Å². The molecule has 0 aliphatic carbocycles. The highest BCUT2D eigenvalue weighted by Gasteiger charge is 2.29. The third-order valence-electron chi connectivity index (χ3n) is 6.43. The molecule has 3 aromatic rings. The zero-order valence-corrected chi connectivity index (χ0v) is 20.7. The first-order chi connectivity index (χ1) is 17.0. The fourth-order valence-electron chi connectivity index (χ4n) is 4.65. The SMILES string of the molecule is CCC(C(=O)Nc1ccc(OC)c(N2CCCN(Cc3cccc(C)c3)C2=O)c1)c1ccccc1. The number of nitrogens with one attached hydrogen (secondary N) is 1. The quantitative estimate of drug-likeness (QED) is 0.440. The molecular weight excluding hydrogens is 438 g/mol. The maximum atomic E-state index is 13.5. The summed E-state index contributed by atoms with van der Waals surface area (Å²) in [6.45, 7) is 5.92. The van der Waals surface area contributed by atoms with E-state index in [0.29, 0.717) is 43.2 Å². The van der Waals surface area contributed by atoms with Crippen LogP contribution in [0.5, 0.6) is 5.75 Å². The van der Waals surface area contributed by atoms with Gasteiger partial charge in [-0.1, -0.05) is 67.1 Å². The number of rotatable bonds is 8. The van der Waals surface area contributed by atoms with Crippen molar-refractivity contribution < 1.29 is 14.3 Å². The van der Waals surface area contributed by atoms with Crippen molar-refractivity contribution in [1.29, 1.82) is 0 Å². The Balaban J connectivity index is 1.55. The van der Waals surface area contributed by atoms with E-state index in [9.17, 15) is 9.59 Å². The maximum Gasteiger partial charge on any atom is 0.324 e. The Bertz CT molecular complexity index is 1180. The number of ether oxygens (including phenoxy) is 1. The molecule has 1 aliphatic heterocycles. The van der Waals surface area contributed by atoms with Crippen LogP contribution in [0.25, 0.3) is 0 Å². The van der Waals surface area contributed by atoms with E-state index in [1.807, 2.05) is 66.4 Å². The fraction of sp³-hybridized carbons (Fsp3) is 0.310. The van der Waals surface area contributed by atoms with Crippen LogP contribution in [0.15, 0.2) is 72.8 Å². The lowest BCUT2D eigenvalue weighted by molar-refractivity contribution is -0.117. The second kappa shape index (κ2) is 11.1. The van der Waals surface area contributed by atoms with Gasteiger partial charge in [0.15, 0.2) is 0 Å². The molecule has 4 rings (SSSR count). The number of carbonyl (C=O) groups excluding carboxylic acids is 2. The molecule has 0 radical (unpaired) electrons.